The molecule has 6 nitrogen and oxygen atoms in total. The van der Waals surface area contributed by atoms with Gasteiger partial charge in [-0.15, -0.1) is 0 Å². The molecule has 0 saturated carbocycles. The lowest BCUT2D eigenvalue weighted by Gasteiger charge is -2.29. The van der Waals surface area contributed by atoms with Crippen LogP contribution in [0.2, 0.25) is 0 Å². The number of amides is 2. The molecule has 2 amide bonds. The number of nitrogens with one attached hydrogen (secondary N) is 1. The van der Waals surface area contributed by atoms with Crippen molar-refractivity contribution in [2.75, 3.05) is 13.7 Å². The van der Waals surface area contributed by atoms with Crippen LogP contribution in [-0.4, -0.2) is 42.5 Å². The highest BCUT2D eigenvalue weighted by atomic mass is 16.5. The van der Waals surface area contributed by atoms with Crippen molar-refractivity contribution < 1.29 is 19.1 Å². The van der Waals surface area contributed by atoms with Crippen molar-refractivity contribution in [3.05, 3.63) is 59.7 Å². The van der Waals surface area contributed by atoms with Crippen molar-refractivity contribution in [1.82, 2.24) is 10.2 Å². The molecule has 0 saturated heterocycles. The molecule has 0 fully saturated rings. The Hall–Kier alpha value is -3.02. The molecule has 1 N–H and O–H groups in total. The minimum absolute atomic E-state index is 0.0404. The molecule has 2 atom stereocenters. The molecule has 0 aliphatic carbocycles. The van der Waals surface area contributed by atoms with Crippen LogP contribution in [0.4, 0.5) is 0 Å². The van der Waals surface area contributed by atoms with E-state index >= 15 is 0 Å². The van der Waals surface area contributed by atoms with Gasteiger partial charge in [0.15, 0.2) is 6.61 Å². The minimum atomic E-state index is -0.634. The number of hydrogen-bond donors (Lipinski definition) is 1. The van der Waals surface area contributed by atoms with E-state index in [4.69, 9.17) is 9.47 Å². The van der Waals surface area contributed by atoms with Crippen molar-refractivity contribution in [3.63, 3.8) is 0 Å². The number of benzene rings is 2. The first kappa shape index (κ1) is 25.2. The molecule has 0 aliphatic heterocycles. The predicted octanol–water partition coefficient (Wildman–Crippen LogP) is 4.53. The summed E-state index contributed by atoms with van der Waals surface area (Å²) in [6.45, 7) is 10.1. The van der Waals surface area contributed by atoms with Crippen molar-refractivity contribution in [3.8, 4) is 11.5 Å². The highest BCUT2D eigenvalue weighted by Gasteiger charge is 2.27. The maximum atomic E-state index is 13.1. The Kier molecular flexibility index (Phi) is 9.57. The van der Waals surface area contributed by atoms with Gasteiger partial charge in [0, 0.05) is 12.6 Å². The molecular weight excluding hydrogens is 404 g/mol. The van der Waals surface area contributed by atoms with Crippen molar-refractivity contribution >= 4 is 11.8 Å². The Bertz CT molecular complexity index is 862. The summed E-state index contributed by atoms with van der Waals surface area (Å²) in [5.41, 5.74) is 2.11. The highest BCUT2D eigenvalue weighted by molar-refractivity contribution is 5.88. The Balaban J connectivity index is 2.13. The summed E-state index contributed by atoms with van der Waals surface area (Å²) in [7, 11) is 1.61. The zero-order chi connectivity index (χ0) is 23.7. The van der Waals surface area contributed by atoms with E-state index in [1.165, 1.54) is 5.56 Å². The van der Waals surface area contributed by atoms with E-state index in [9.17, 15) is 9.59 Å². The molecule has 2 unspecified atom stereocenters. The number of rotatable bonds is 11. The summed E-state index contributed by atoms with van der Waals surface area (Å²) in [6.07, 6.45) is 0.820. The van der Waals surface area contributed by atoms with E-state index in [1.807, 2.05) is 62.4 Å². The van der Waals surface area contributed by atoms with Gasteiger partial charge in [-0.3, -0.25) is 9.59 Å². The van der Waals surface area contributed by atoms with Crippen LogP contribution < -0.4 is 14.8 Å². The average molecular weight is 441 g/mol. The van der Waals surface area contributed by atoms with Gasteiger partial charge in [0.05, 0.1) is 7.11 Å². The van der Waals surface area contributed by atoms with Crippen LogP contribution in [0.5, 0.6) is 11.5 Å². The quantitative estimate of drug-likeness (QED) is 0.557. The van der Waals surface area contributed by atoms with Gasteiger partial charge < -0.3 is 19.7 Å². The van der Waals surface area contributed by atoms with Gasteiger partial charge >= 0.3 is 0 Å². The first-order chi connectivity index (χ1) is 15.2. The maximum Gasteiger partial charge on any atom is 0.261 e. The zero-order valence-electron chi connectivity index (χ0n) is 20.1. The predicted molar refractivity (Wildman–Crippen MR) is 127 cm³/mol. The third-order valence-corrected chi connectivity index (χ3v) is 5.59. The largest absolute Gasteiger partial charge is 0.497 e. The second-order valence-electron chi connectivity index (χ2n) is 8.38. The van der Waals surface area contributed by atoms with E-state index in [0.29, 0.717) is 18.2 Å². The molecule has 0 heterocycles. The number of nitrogens with zero attached hydrogens (tertiary/aromatic N) is 1. The van der Waals surface area contributed by atoms with Gasteiger partial charge in [0.1, 0.15) is 17.5 Å². The van der Waals surface area contributed by atoms with Crippen LogP contribution in [-0.2, 0) is 16.1 Å². The molecule has 2 aromatic rings. The molecule has 0 bridgehead atoms. The standard InChI is InChI=1S/C26H36N2O4/c1-7-19(4)27-26(30)20(5)28(16-21-8-12-23(31-6)13-9-21)25(29)17-32-24-14-10-22(11-15-24)18(2)3/h8-15,18-20H,7,16-17H2,1-6H3,(H,27,30). The van der Waals surface area contributed by atoms with Crippen molar-refractivity contribution in [1.29, 1.82) is 0 Å². The van der Waals surface area contributed by atoms with Crippen LogP contribution in [0.15, 0.2) is 48.5 Å². The summed E-state index contributed by atoms with van der Waals surface area (Å²) >= 11 is 0. The Morgan fingerprint density at radius 1 is 0.938 bits per heavy atom. The van der Waals surface area contributed by atoms with Gasteiger partial charge in [0.25, 0.3) is 5.91 Å². The van der Waals surface area contributed by atoms with Gasteiger partial charge in [0.2, 0.25) is 5.91 Å². The Morgan fingerprint density at radius 2 is 1.53 bits per heavy atom. The van der Waals surface area contributed by atoms with Gasteiger partial charge in [-0.25, -0.2) is 0 Å². The first-order valence-electron chi connectivity index (χ1n) is 11.2. The Labute approximate surface area is 191 Å². The number of carbonyl (C=O) groups excluding carboxylic acids is 2. The average Bonchev–Trinajstić information content (AvgIpc) is 2.80. The molecule has 2 aromatic carbocycles. The van der Waals surface area contributed by atoms with E-state index in [-0.39, 0.29) is 24.5 Å². The molecule has 0 aliphatic rings. The van der Waals surface area contributed by atoms with Gasteiger partial charge in [-0.1, -0.05) is 45.0 Å². The second kappa shape index (κ2) is 12.1. The molecule has 174 valence electrons. The van der Waals surface area contributed by atoms with Crippen LogP contribution in [0.1, 0.15) is 58.1 Å². The number of methoxy groups -OCH3 is 1. The number of carbonyl (C=O) groups is 2. The lowest BCUT2D eigenvalue weighted by molar-refractivity contribution is -0.142. The monoisotopic (exact) mass is 440 g/mol. The van der Waals surface area contributed by atoms with E-state index in [2.05, 4.69) is 19.2 Å². The third-order valence-electron chi connectivity index (χ3n) is 5.59. The molecule has 2 rings (SSSR count). The topological polar surface area (TPSA) is 67.9 Å². The molecule has 0 aromatic heterocycles. The van der Waals surface area contributed by atoms with Crippen LogP contribution in [0.25, 0.3) is 0 Å². The molecule has 32 heavy (non-hydrogen) atoms. The summed E-state index contributed by atoms with van der Waals surface area (Å²) in [5.74, 6) is 1.37. The minimum Gasteiger partial charge on any atom is -0.497 e. The fourth-order valence-corrected chi connectivity index (χ4v) is 3.15. The Morgan fingerprint density at radius 3 is 2.06 bits per heavy atom. The summed E-state index contributed by atoms with van der Waals surface area (Å²) in [6, 6.07) is 14.6. The summed E-state index contributed by atoms with van der Waals surface area (Å²) < 4.78 is 11.0. The number of hydrogen-bond acceptors (Lipinski definition) is 4. The van der Waals surface area contributed by atoms with E-state index in [0.717, 1.165) is 17.7 Å². The van der Waals surface area contributed by atoms with Gasteiger partial charge in [-0.05, 0) is 61.6 Å². The number of ether oxygens (including phenoxy) is 2. The van der Waals surface area contributed by atoms with E-state index in [1.54, 1.807) is 18.9 Å². The van der Waals surface area contributed by atoms with Crippen LogP contribution in [0.3, 0.4) is 0 Å². The normalized spacial score (nSPS) is 12.7. The SMILES string of the molecule is CCC(C)NC(=O)C(C)N(Cc1ccc(OC)cc1)C(=O)COc1ccc(C(C)C)cc1. The first-order valence-corrected chi connectivity index (χ1v) is 11.2. The molecule has 0 spiro atoms. The smallest absolute Gasteiger partial charge is 0.261 e. The van der Waals surface area contributed by atoms with Crippen molar-refractivity contribution in [2.24, 2.45) is 0 Å². The maximum absolute atomic E-state index is 13.1. The van der Waals surface area contributed by atoms with E-state index < -0.39 is 6.04 Å². The van der Waals surface area contributed by atoms with Crippen LogP contribution >= 0.6 is 0 Å². The lowest BCUT2D eigenvalue weighted by Crippen LogP contribution is -2.50. The highest BCUT2D eigenvalue weighted by Crippen LogP contribution is 2.19. The lowest BCUT2D eigenvalue weighted by atomic mass is 10.0. The molecule has 6 heteroatoms. The fourth-order valence-electron chi connectivity index (χ4n) is 3.15. The summed E-state index contributed by atoms with van der Waals surface area (Å²) in [5, 5.41) is 2.97. The molecule has 0 radical (unpaired) electrons. The molecular formula is C26H36N2O4. The zero-order valence-corrected chi connectivity index (χ0v) is 20.1. The third kappa shape index (κ3) is 7.29. The summed E-state index contributed by atoms with van der Waals surface area (Å²) in [4.78, 5) is 27.4. The van der Waals surface area contributed by atoms with Gasteiger partial charge in [-0.2, -0.15) is 0 Å². The fraction of sp³-hybridized carbons (Fsp3) is 0.462. The second-order valence-corrected chi connectivity index (χ2v) is 8.38. The van der Waals surface area contributed by atoms with Crippen molar-refractivity contribution in [2.45, 2.75) is 65.6 Å². The van der Waals surface area contributed by atoms with Crippen LogP contribution in [0, 0.1) is 0 Å².